The largest absolute Gasteiger partial charge is 0.504 e. The second-order valence-corrected chi connectivity index (χ2v) is 13.0. The summed E-state index contributed by atoms with van der Waals surface area (Å²) < 4.78 is 13.4. The van der Waals surface area contributed by atoms with Crippen molar-refractivity contribution in [2.24, 2.45) is 23.2 Å². The second kappa shape index (κ2) is 7.14. The molecule has 1 saturated heterocycles. The van der Waals surface area contributed by atoms with E-state index in [0.29, 0.717) is 12.0 Å². The Hall–Kier alpha value is -1.30. The van der Waals surface area contributed by atoms with Gasteiger partial charge in [-0.25, -0.2) is 0 Å². The fourth-order valence-electron chi connectivity index (χ4n) is 9.61. The Labute approximate surface area is 203 Å². The van der Waals surface area contributed by atoms with Gasteiger partial charge in [0.15, 0.2) is 11.5 Å². The van der Waals surface area contributed by atoms with Crippen molar-refractivity contribution in [1.82, 2.24) is 4.90 Å². The van der Waals surface area contributed by atoms with Gasteiger partial charge in [-0.2, -0.15) is 0 Å². The van der Waals surface area contributed by atoms with Gasteiger partial charge >= 0.3 is 0 Å². The summed E-state index contributed by atoms with van der Waals surface area (Å²) in [5.74, 6) is 2.52. The van der Waals surface area contributed by atoms with Crippen molar-refractivity contribution in [3.8, 4) is 11.5 Å². The molecule has 5 fully saturated rings. The molecular formula is C29H41NO4. The number of aliphatic hydroxyl groups excluding tert-OH is 1. The zero-order chi connectivity index (χ0) is 23.5. The molecular weight excluding hydrogens is 426 g/mol. The van der Waals surface area contributed by atoms with Crippen LogP contribution in [0.25, 0.3) is 0 Å². The average Bonchev–Trinajstić information content (AvgIpc) is 3.57. The third kappa shape index (κ3) is 2.52. The highest BCUT2D eigenvalue weighted by atomic mass is 16.6. The lowest BCUT2D eigenvalue weighted by Gasteiger charge is -2.74. The highest BCUT2D eigenvalue weighted by Gasteiger charge is 2.81. The van der Waals surface area contributed by atoms with Gasteiger partial charge in [-0.1, -0.05) is 19.9 Å². The zero-order valence-corrected chi connectivity index (χ0v) is 21.1. The van der Waals surface area contributed by atoms with Crippen LogP contribution in [0, 0.1) is 23.2 Å². The standard InChI is InChI=1S/C29H41NO4/c1-17(2)4-8-21(31)20-15-27-10-11-29(20,33-3)26-28(27)12-13-30(16-18-5-6-18)23(27)14-19-7-9-22(32)25(34-26)24(19)28/h7,9,17-18,20-21,23,26,31-32H,4-6,8,10-16H2,1-3H3/t20-,21-,23-,26-,27-,28+,29-/m1/s1. The number of benzene rings is 1. The highest BCUT2D eigenvalue weighted by molar-refractivity contribution is 5.63. The van der Waals surface area contributed by atoms with Crippen LogP contribution in [0.15, 0.2) is 12.1 Å². The minimum absolute atomic E-state index is 0.0736. The predicted octanol–water partition coefficient (Wildman–Crippen LogP) is 4.41. The molecule has 8 rings (SSSR count). The molecule has 0 amide bonds. The van der Waals surface area contributed by atoms with Crippen LogP contribution in [0.1, 0.15) is 76.3 Å². The van der Waals surface area contributed by atoms with Crippen LogP contribution in [0.3, 0.4) is 0 Å². The Bertz CT molecular complexity index is 1010. The van der Waals surface area contributed by atoms with E-state index in [9.17, 15) is 10.2 Å². The van der Waals surface area contributed by atoms with Crippen LogP contribution >= 0.6 is 0 Å². The van der Waals surface area contributed by atoms with Crippen LogP contribution in [0.4, 0.5) is 0 Å². The third-order valence-electron chi connectivity index (χ3n) is 11.2. The zero-order valence-electron chi connectivity index (χ0n) is 21.1. The topological polar surface area (TPSA) is 62.2 Å². The molecule has 186 valence electrons. The summed E-state index contributed by atoms with van der Waals surface area (Å²) in [6.07, 6.45) is 9.32. The van der Waals surface area contributed by atoms with Gasteiger partial charge in [0.25, 0.3) is 0 Å². The molecule has 34 heavy (non-hydrogen) atoms. The molecule has 5 nitrogen and oxygen atoms in total. The van der Waals surface area contributed by atoms with Crippen molar-refractivity contribution in [2.45, 2.75) is 101 Å². The number of nitrogens with zero attached hydrogens (tertiary/aromatic N) is 1. The van der Waals surface area contributed by atoms with Crippen molar-refractivity contribution in [3.05, 3.63) is 23.3 Å². The van der Waals surface area contributed by atoms with Gasteiger partial charge in [-0.3, -0.25) is 4.90 Å². The number of hydrogen-bond acceptors (Lipinski definition) is 5. The molecule has 4 bridgehead atoms. The molecule has 4 saturated carbocycles. The Balaban J connectivity index is 1.39. The molecule has 7 aliphatic rings. The fraction of sp³-hybridized carbons (Fsp3) is 0.793. The third-order valence-corrected chi connectivity index (χ3v) is 11.2. The number of phenolic OH excluding ortho intramolecular Hbond substituents is 1. The number of aromatic hydroxyl groups is 1. The summed E-state index contributed by atoms with van der Waals surface area (Å²) in [4.78, 5) is 2.83. The summed E-state index contributed by atoms with van der Waals surface area (Å²) in [6.45, 7) is 6.81. The molecule has 0 radical (unpaired) electrons. The lowest BCUT2D eigenvalue weighted by molar-refractivity contribution is -0.290. The molecule has 5 aliphatic carbocycles. The first kappa shape index (κ1) is 21.9. The lowest BCUT2D eigenvalue weighted by atomic mass is 9.34. The maximum absolute atomic E-state index is 11.6. The van der Waals surface area contributed by atoms with Gasteiger partial charge in [-0.05, 0) is 87.8 Å². The molecule has 0 aromatic heterocycles. The molecule has 2 N–H and O–H groups in total. The maximum Gasteiger partial charge on any atom is 0.165 e. The summed E-state index contributed by atoms with van der Waals surface area (Å²) >= 11 is 0. The first-order chi connectivity index (χ1) is 16.4. The lowest BCUT2D eigenvalue weighted by Crippen LogP contribution is -2.81. The van der Waals surface area contributed by atoms with E-state index in [2.05, 4.69) is 24.8 Å². The summed E-state index contributed by atoms with van der Waals surface area (Å²) in [6, 6.07) is 4.50. The normalized spacial score (nSPS) is 42.6. The molecule has 2 heterocycles. The number of ether oxygens (including phenoxy) is 2. The Kier molecular flexibility index (Phi) is 4.61. The van der Waals surface area contributed by atoms with Crippen LogP contribution in [-0.2, 0) is 16.6 Å². The molecule has 1 aromatic carbocycles. The first-order valence-corrected chi connectivity index (χ1v) is 13.9. The minimum atomic E-state index is -0.499. The maximum atomic E-state index is 11.6. The van der Waals surface area contributed by atoms with Crippen molar-refractivity contribution < 1.29 is 19.7 Å². The molecule has 7 atom stereocenters. The van der Waals surface area contributed by atoms with Crippen molar-refractivity contribution in [2.75, 3.05) is 20.2 Å². The number of hydrogen-bond donors (Lipinski definition) is 2. The average molecular weight is 468 g/mol. The number of aliphatic hydroxyl groups is 1. The van der Waals surface area contributed by atoms with E-state index in [1.54, 1.807) is 0 Å². The quantitative estimate of drug-likeness (QED) is 0.622. The summed E-state index contributed by atoms with van der Waals surface area (Å²) in [7, 11) is 1.84. The number of phenols is 1. The monoisotopic (exact) mass is 467 g/mol. The van der Waals surface area contributed by atoms with E-state index in [4.69, 9.17) is 9.47 Å². The van der Waals surface area contributed by atoms with Gasteiger partial charge in [0.2, 0.25) is 0 Å². The summed E-state index contributed by atoms with van der Waals surface area (Å²) in [5.41, 5.74) is 2.16. The van der Waals surface area contributed by atoms with E-state index in [1.165, 1.54) is 30.5 Å². The Morgan fingerprint density at radius 1 is 1.18 bits per heavy atom. The Morgan fingerprint density at radius 2 is 2.00 bits per heavy atom. The molecule has 5 heteroatoms. The van der Waals surface area contributed by atoms with E-state index >= 15 is 0 Å². The number of methoxy groups -OCH3 is 1. The van der Waals surface area contributed by atoms with E-state index in [1.807, 2.05) is 13.2 Å². The van der Waals surface area contributed by atoms with Gasteiger partial charge in [0.1, 0.15) is 11.7 Å². The smallest absolute Gasteiger partial charge is 0.165 e. The van der Waals surface area contributed by atoms with Crippen molar-refractivity contribution >= 4 is 0 Å². The summed E-state index contributed by atoms with van der Waals surface area (Å²) in [5, 5.41) is 22.6. The first-order valence-electron chi connectivity index (χ1n) is 13.9. The van der Waals surface area contributed by atoms with Crippen molar-refractivity contribution in [3.63, 3.8) is 0 Å². The molecule has 0 unspecified atom stereocenters. The van der Waals surface area contributed by atoms with Crippen LogP contribution in [0.2, 0.25) is 0 Å². The predicted molar refractivity (Wildman–Crippen MR) is 130 cm³/mol. The van der Waals surface area contributed by atoms with Crippen LogP contribution in [0.5, 0.6) is 11.5 Å². The van der Waals surface area contributed by atoms with Gasteiger partial charge in [0.05, 0.1) is 6.10 Å². The Morgan fingerprint density at radius 3 is 2.74 bits per heavy atom. The van der Waals surface area contributed by atoms with Gasteiger partial charge in [-0.15, -0.1) is 0 Å². The fourth-order valence-corrected chi connectivity index (χ4v) is 9.61. The number of piperidine rings is 1. The number of rotatable bonds is 7. The highest BCUT2D eigenvalue weighted by Crippen LogP contribution is 2.77. The van der Waals surface area contributed by atoms with E-state index in [-0.39, 0.29) is 34.7 Å². The molecule has 2 spiro atoms. The minimum Gasteiger partial charge on any atom is -0.504 e. The number of fused-ring (bicyclic) bond motifs is 2. The molecule has 1 aromatic rings. The van der Waals surface area contributed by atoms with Crippen LogP contribution < -0.4 is 4.74 Å². The van der Waals surface area contributed by atoms with Crippen LogP contribution in [-0.4, -0.2) is 59.2 Å². The number of likely N-dealkylation sites (tertiary alicyclic amines) is 1. The van der Waals surface area contributed by atoms with Crippen molar-refractivity contribution in [1.29, 1.82) is 0 Å². The van der Waals surface area contributed by atoms with Gasteiger partial charge < -0.3 is 19.7 Å². The SMILES string of the molecule is CO[C@]12CC[C@@]3(C[C@@H]1[C@H](O)CCC(C)C)[C@H]1Cc4ccc(O)c5c4[C@@]3(CCN1CC1CC1)[C@H]2O5. The van der Waals surface area contributed by atoms with E-state index in [0.717, 1.165) is 63.2 Å². The van der Waals surface area contributed by atoms with Gasteiger partial charge in [0, 0.05) is 42.0 Å². The van der Waals surface area contributed by atoms with E-state index < -0.39 is 5.60 Å². The second-order valence-electron chi connectivity index (χ2n) is 13.0. The molecule has 2 aliphatic heterocycles.